The zero-order valence-corrected chi connectivity index (χ0v) is 20.8. The summed E-state index contributed by atoms with van der Waals surface area (Å²) in [6, 6.07) is 11.0. The van der Waals surface area contributed by atoms with E-state index in [0.29, 0.717) is 23.7 Å². The van der Waals surface area contributed by atoms with Crippen LogP contribution in [0.3, 0.4) is 0 Å². The Kier molecular flexibility index (Phi) is 9.58. The number of nitrogens with one attached hydrogen (secondary N) is 1. The molecule has 0 saturated heterocycles. The van der Waals surface area contributed by atoms with Crippen molar-refractivity contribution in [2.24, 2.45) is 0 Å². The fourth-order valence-electron chi connectivity index (χ4n) is 3.55. The molecule has 0 fully saturated rings. The van der Waals surface area contributed by atoms with Crippen molar-refractivity contribution in [2.45, 2.75) is 73.0 Å². The van der Waals surface area contributed by atoms with E-state index >= 15 is 0 Å². The number of ether oxygens (including phenoxy) is 1. The second-order valence-corrected chi connectivity index (χ2v) is 8.73. The summed E-state index contributed by atoms with van der Waals surface area (Å²) in [4.78, 5) is 28.0. The van der Waals surface area contributed by atoms with E-state index in [4.69, 9.17) is 16.3 Å². The molecular formula is C26H35ClN2O3. The van der Waals surface area contributed by atoms with E-state index in [1.165, 1.54) is 0 Å². The van der Waals surface area contributed by atoms with Gasteiger partial charge in [-0.15, -0.1) is 0 Å². The minimum Gasteiger partial charge on any atom is -0.484 e. The molecule has 32 heavy (non-hydrogen) atoms. The molecule has 0 aliphatic carbocycles. The highest BCUT2D eigenvalue weighted by molar-refractivity contribution is 6.32. The van der Waals surface area contributed by atoms with Crippen LogP contribution < -0.4 is 10.1 Å². The molecule has 2 unspecified atom stereocenters. The number of halogens is 1. The van der Waals surface area contributed by atoms with Crippen LogP contribution in [0.15, 0.2) is 36.4 Å². The van der Waals surface area contributed by atoms with Crippen LogP contribution in [-0.2, 0) is 16.1 Å². The zero-order valence-electron chi connectivity index (χ0n) is 20.0. The third-order valence-corrected chi connectivity index (χ3v) is 6.36. The Hall–Kier alpha value is -2.53. The van der Waals surface area contributed by atoms with Crippen LogP contribution in [0.4, 0.5) is 0 Å². The van der Waals surface area contributed by atoms with Gasteiger partial charge in [0.2, 0.25) is 5.91 Å². The van der Waals surface area contributed by atoms with Crippen LogP contribution in [0.1, 0.15) is 55.9 Å². The van der Waals surface area contributed by atoms with Gasteiger partial charge in [-0.05, 0) is 74.9 Å². The molecule has 2 atom stereocenters. The molecule has 0 heterocycles. The Morgan fingerprint density at radius 3 is 2.22 bits per heavy atom. The van der Waals surface area contributed by atoms with Crippen LogP contribution >= 0.6 is 11.6 Å². The van der Waals surface area contributed by atoms with Gasteiger partial charge in [-0.25, -0.2) is 0 Å². The first-order chi connectivity index (χ1) is 15.2. The SMILES string of the molecule is CCC(C)NC(=O)C(CC)N(Cc1ccccc1C)C(=O)COc1cc(C)c(Cl)c(C)c1. The first kappa shape index (κ1) is 25.7. The van der Waals surface area contributed by atoms with E-state index in [0.717, 1.165) is 28.7 Å². The van der Waals surface area contributed by atoms with Crippen molar-refractivity contribution >= 4 is 23.4 Å². The van der Waals surface area contributed by atoms with E-state index in [1.807, 2.05) is 77.9 Å². The third-order valence-electron chi connectivity index (χ3n) is 5.76. The lowest BCUT2D eigenvalue weighted by molar-refractivity contribution is -0.143. The lowest BCUT2D eigenvalue weighted by atomic mass is 10.1. The van der Waals surface area contributed by atoms with Gasteiger partial charge in [0.15, 0.2) is 6.61 Å². The molecule has 2 amide bonds. The van der Waals surface area contributed by atoms with Crippen molar-refractivity contribution in [1.82, 2.24) is 10.2 Å². The Morgan fingerprint density at radius 2 is 1.66 bits per heavy atom. The van der Waals surface area contributed by atoms with Crippen molar-refractivity contribution in [3.8, 4) is 5.75 Å². The highest BCUT2D eigenvalue weighted by Crippen LogP contribution is 2.26. The number of benzene rings is 2. The Balaban J connectivity index is 2.26. The van der Waals surface area contributed by atoms with Crippen molar-refractivity contribution in [1.29, 1.82) is 0 Å². The quantitative estimate of drug-likeness (QED) is 0.521. The number of carbonyl (C=O) groups excluding carboxylic acids is 2. The van der Waals surface area contributed by atoms with E-state index in [-0.39, 0.29) is 24.5 Å². The molecule has 2 aromatic carbocycles. The summed E-state index contributed by atoms with van der Waals surface area (Å²) in [5, 5.41) is 3.72. The summed E-state index contributed by atoms with van der Waals surface area (Å²) >= 11 is 6.24. The number of rotatable bonds is 10. The number of hydrogen-bond acceptors (Lipinski definition) is 3. The first-order valence-corrected chi connectivity index (χ1v) is 11.6. The summed E-state index contributed by atoms with van der Waals surface area (Å²) < 4.78 is 5.83. The molecule has 0 radical (unpaired) electrons. The molecule has 0 aromatic heterocycles. The lowest BCUT2D eigenvalue weighted by Gasteiger charge is -2.31. The van der Waals surface area contributed by atoms with Gasteiger partial charge in [0.25, 0.3) is 5.91 Å². The predicted molar refractivity (Wildman–Crippen MR) is 130 cm³/mol. The Morgan fingerprint density at radius 1 is 1.03 bits per heavy atom. The zero-order chi connectivity index (χ0) is 23.8. The summed E-state index contributed by atoms with van der Waals surface area (Å²) in [5.74, 6) is 0.220. The van der Waals surface area contributed by atoms with Gasteiger partial charge in [0.05, 0.1) is 0 Å². The van der Waals surface area contributed by atoms with Gasteiger partial charge in [0, 0.05) is 17.6 Å². The highest BCUT2D eigenvalue weighted by Gasteiger charge is 2.29. The summed E-state index contributed by atoms with van der Waals surface area (Å²) in [7, 11) is 0. The summed E-state index contributed by atoms with van der Waals surface area (Å²) in [6.07, 6.45) is 1.34. The van der Waals surface area contributed by atoms with Gasteiger partial charge in [-0.1, -0.05) is 49.7 Å². The van der Waals surface area contributed by atoms with E-state index in [9.17, 15) is 9.59 Å². The Bertz CT molecular complexity index is 921. The van der Waals surface area contributed by atoms with Crippen molar-refractivity contribution in [2.75, 3.05) is 6.61 Å². The van der Waals surface area contributed by atoms with Gasteiger partial charge >= 0.3 is 0 Å². The number of hydrogen-bond donors (Lipinski definition) is 1. The summed E-state index contributed by atoms with van der Waals surface area (Å²) in [5.41, 5.74) is 3.87. The monoisotopic (exact) mass is 458 g/mol. The second-order valence-electron chi connectivity index (χ2n) is 8.35. The van der Waals surface area contributed by atoms with Crippen molar-refractivity contribution < 1.29 is 14.3 Å². The van der Waals surface area contributed by atoms with Crippen LogP contribution in [0, 0.1) is 20.8 Å². The minimum absolute atomic E-state index is 0.0447. The minimum atomic E-state index is -0.576. The number of carbonyl (C=O) groups is 2. The van der Waals surface area contributed by atoms with Gasteiger partial charge < -0.3 is 15.0 Å². The normalized spacial score (nSPS) is 12.7. The van der Waals surface area contributed by atoms with E-state index in [1.54, 1.807) is 4.90 Å². The maximum absolute atomic E-state index is 13.3. The van der Waals surface area contributed by atoms with Gasteiger partial charge in [0.1, 0.15) is 11.8 Å². The third kappa shape index (κ3) is 6.73. The largest absolute Gasteiger partial charge is 0.484 e. The molecule has 2 aromatic rings. The number of aryl methyl sites for hydroxylation is 3. The van der Waals surface area contributed by atoms with Crippen LogP contribution in [0.2, 0.25) is 5.02 Å². The number of nitrogens with zero attached hydrogens (tertiary/aromatic N) is 1. The first-order valence-electron chi connectivity index (χ1n) is 11.2. The molecule has 0 spiro atoms. The van der Waals surface area contributed by atoms with E-state index in [2.05, 4.69) is 5.32 Å². The maximum Gasteiger partial charge on any atom is 0.261 e. The Labute approximate surface area is 197 Å². The smallest absolute Gasteiger partial charge is 0.261 e. The molecule has 2 rings (SSSR count). The van der Waals surface area contributed by atoms with Crippen LogP contribution in [-0.4, -0.2) is 35.4 Å². The lowest BCUT2D eigenvalue weighted by Crippen LogP contribution is -2.51. The van der Waals surface area contributed by atoms with Gasteiger partial charge in [-0.3, -0.25) is 9.59 Å². The predicted octanol–water partition coefficient (Wildman–Crippen LogP) is 5.37. The average molecular weight is 459 g/mol. The fourth-order valence-corrected chi connectivity index (χ4v) is 3.66. The second kappa shape index (κ2) is 11.9. The van der Waals surface area contributed by atoms with Crippen LogP contribution in [0.25, 0.3) is 0 Å². The maximum atomic E-state index is 13.3. The molecule has 6 heteroatoms. The molecule has 0 saturated carbocycles. The topological polar surface area (TPSA) is 58.6 Å². The average Bonchev–Trinajstić information content (AvgIpc) is 2.76. The van der Waals surface area contributed by atoms with Crippen molar-refractivity contribution in [3.63, 3.8) is 0 Å². The fraction of sp³-hybridized carbons (Fsp3) is 0.462. The standard InChI is InChI=1S/C26H35ClN2O3/c1-7-20(6)28-26(31)23(8-2)29(15-21-12-10-9-11-17(21)3)24(30)16-32-22-13-18(4)25(27)19(5)14-22/h9-14,20,23H,7-8,15-16H2,1-6H3,(H,28,31). The van der Waals surface area contributed by atoms with Crippen LogP contribution in [0.5, 0.6) is 5.75 Å². The molecular weight excluding hydrogens is 424 g/mol. The molecule has 1 N–H and O–H groups in total. The molecule has 0 bridgehead atoms. The molecule has 0 aliphatic rings. The van der Waals surface area contributed by atoms with Gasteiger partial charge in [-0.2, -0.15) is 0 Å². The molecule has 5 nitrogen and oxygen atoms in total. The van der Waals surface area contributed by atoms with E-state index < -0.39 is 6.04 Å². The number of amides is 2. The molecule has 0 aliphatic heterocycles. The van der Waals surface area contributed by atoms with Crippen molar-refractivity contribution in [3.05, 3.63) is 63.7 Å². The highest BCUT2D eigenvalue weighted by atomic mass is 35.5. The molecule has 174 valence electrons. The summed E-state index contributed by atoms with van der Waals surface area (Å²) in [6.45, 7) is 11.9.